The molecule has 29 heavy (non-hydrogen) atoms. The number of methoxy groups -OCH3 is 2. The Balaban J connectivity index is 1.88. The molecule has 0 saturated heterocycles. The van der Waals surface area contributed by atoms with E-state index >= 15 is 0 Å². The Hall–Kier alpha value is -2.94. The molecule has 0 aliphatic carbocycles. The van der Waals surface area contributed by atoms with E-state index in [1.807, 2.05) is 6.07 Å². The summed E-state index contributed by atoms with van der Waals surface area (Å²) in [4.78, 5) is 12.0. The third kappa shape index (κ3) is 6.28. The van der Waals surface area contributed by atoms with E-state index in [0.717, 1.165) is 11.8 Å². The molecule has 0 radical (unpaired) electrons. The Morgan fingerprint density at radius 3 is 2.24 bits per heavy atom. The number of ether oxygens (including phenoxy) is 3. The smallest absolute Gasteiger partial charge is 0.258 e. The zero-order chi connectivity index (χ0) is 21.4. The van der Waals surface area contributed by atoms with Gasteiger partial charge in [0, 0.05) is 13.1 Å². The zero-order valence-corrected chi connectivity index (χ0v) is 17.8. The van der Waals surface area contributed by atoms with Crippen LogP contribution in [0.5, 0.6) is 17.2 Å². The van der Waals surface area contributed by atoms with Gasteiger partial charge in [-0.25, -0.2) is 8.42 Å². The summed E-state index contributed by atoms with van der Waals surface area (Å²) in [5, 5.41) is 2.77. The molecule has 0 unspecified atom stereocenters. The van der Waals surface area contributed by atoms with E-state index in [0.29, 0.717) is 36.0 Å². The highest BCUT2D eigenvalue weighted by Crippen LogP contribution is 2.27. The summed E-state index contributed by atoms with van der Waals surface area (Å²) in [6.45, 7) is 2.25. The molecular weight excluding hydrogens is 396 g/mol. The minimum atomic E-state index is -3.34. The number of nitrogens with one attached hydrogen (secondary N) is 1. The maximum absolute atomic E-state index is 12.0. The Labute approximate surface area is 171 Å². The molecular formula is C20H26N2O6S. The molecule has 8 nitrogen and oxygen atoms in total. The minimum Gasteiger partial charge on any atom is -0.493 e. The van der Waals surface area contributed by atoms with Crippen LogP contribution in [-0.4, -0.2) is 48.0 Å². The summed E-state index contributed by atoms with van der Waals surface area (Å²) >= 11 is 0. The number of amides is 1. The molecule has 0 saturated carbocycles. The molecule has 0 fully saturated rings. The van der Waals surface area contributed by atoms with Crippen molar-refractivity contribution >= 4 is 21.6 Å². The summed E-state index contributed by atoms with van der Waals surface area (Å²) in [7, 11) is -0.228. The number of benzene rings is 2. The fourth-order valence-electron chi connectivity index (χ4n) is 2.71. The van der Waals surface area contributed by atoms with Crippen LogP contribution in [0.15, 0.2) is 42.5 Å². The average molecular weight is 423 g/mol. The lowest BCUT2D eigenvalue weighted by molar-refractivity contribution is -0.123. The monoisotopic (exact) mass is 422 g/mol. The van der Waals surface area contributed by atoms with Crippen molar-refractivity contribution in [1.29, 1.82) is 0 Å². The predicted molar refractivity (Wildman–Crippen MR) is 111 cm³/mol. The SMILES string of the molecule is CCN(c1ccc(OCC(=O)NCc2ccc(OC)c(OC)c2)cc1)S(C)(=O)=O. The molecule has 9 heteroatoms. The second kappa shape index (κ2) is 10.0. The van der Waals surface area contributed by atoms with E-state index in [4.69, 9.17) is 14.2 Å². The van der Waals surface area contributed by atoms with Gasteiger partial charge < -0.3 is 19.5 Å². The first-order chi connectivity index (χ1) is 13.8. The van der Waals surface area contributed by atoms with Crippen molar-refractivity contribution in [2.45, 2.75) is 13.5 Å². The van der Waals surface area contributed by atoms with E-state index in [1.54, 1.807) is 57.5 Å². The van der Waals surface area contributed by atoms with Gasteiger partial charge in [0.05, 0.1) is 26.2 Å². The zero-order valence-electron chi connectivity index (χ0n) is 17.0. The lowest BCUT2D eigenvalue weighted by Crippen LogP contribution is -2.29. The van der Waals surface area contributed by atoms with Crippen molar-refractivity contribution in [3.05, 3.63) is 48.0 Å². The maximum Gasteiger partial charge on any atom is 0.258 e. The Kier molecular flexibility index (Phi) is 7.72. The average Bonchev–Trinajstić information content (AvgIpc) is 2.70. The van der Waals surface area contributed by atoms with Crippen LogP contribution >= 0.6 is 0 Å². The van der Waals surface area contributed by atoms with Gasteiger partial charge in [-0.1, -0.05) is 6.07 Å². The Morgan fingerprint density at radius 1 is 1.03 bits per heavy atom. The first-order valence-corrected chi connectivity index (χ1v) is 10.8. The first kappa shape index (κ1) is 22.4. The van der Waals surface area contributed by atoms with E-state index in [-0.39, 0.29) is 12.5 Å². The van der Waals surface area contributed by atoms with Crippen LogP contribution < -0.4 is 23.8 Å². The molecule has 0 heterocycles. The molecule has 1 N–H and O–H groups in total. The van der Waals surface area contributed by atoms with E-state index in [2.05, 4.69) is 5.32 Å². The van der Waals surface area contributed by atoms with Crippen molar-refractivity contribution in [3.63, 3.8) is 0 Å². The summed E-state index contributed by atoms with van der Waals surface area (Å²) in [6.07, 6.45) is 1.16. The van der Waals surface area contributed by atoms with Crippen LogP contribution in [-0.2, 0) is 21.4 Å². The van der Waals surface area contributed by atoms with E-state index < -0.39 is 10.0 Å². The molecule has 2 aromatic rings. The maximum atomic E-state index is 12.0. The molecule has 0 spiro atoms. The fourth-order valence-corrected chi connectivity index (χ4v) is 3.68. The lowest BCUT2D eigenvalue weighted by atomic mass is 10.2. The van der Waals surface area contributed by atoms with Crippen LogP contribution in [0.25, 0.3) is 0 Å². The molecule has 2 aromatic carbocycles. The third-order valence-electron chi connectivity index (χ3n) is 4.12. The van der Waals surface area contributed by atoms with Crippen molar-refractivity contribution in [2.75, 3.05) is 37.9 Å². The van der Waals surface area contributed by atoms with Gasteiger partial charge in [-0.05, 0) is 48.9 Å². The number of anilines is 1. The first-order valence-electron chi connectivity index (χ1n) is 8.96. The number of carbonyl (C=O) groups excluding carboxylic acids is 1. The van der Waals surface area contributed by atoms with E-state index in [9.17, 15) is 13.2 Å². The predicted octanol–water partition coefficient (Wildman–Crippen LogP) is 2.18. The molecule has 0 atom stereocenters. The highest BCUT2D eigenvalue weighted by Gasteiger charge is 2.15. The summed E-state index contributed by atoms with van der Waals surface area (Å²) in [5.41, 5.74) is 1.40. The highest BCUT2D eigenvalue weighted by molar-refractivity contribution is 7.92. The highest BCUT2D eigenvalue weighted by atomic mass is 32.2. The van der Waals surface area contributed by atoms with Crippen LogP contribution in [0.1, 0.15) is 12.5 Å². The van der Waals surface area contributed by atoms with Gasteiger partial charge in [0.25, 0.3) is 5.91 Å². The molecule has 0 bridgehead atoms. The standard InChI is InChI=1S/C20H26N2O6S/c1-5-22(29(4,24)25)16-7-9-17(10-8-16)28-14-20(23)21-13-15-6-11-18(26-2)19(12-15)27-3/h6-12H,5,13-14H2,1-4H3,(H,21,23). The van der Waals surface area contributed by atoms with Gasteiger partial charge in [-0.15, -0.1) is 0 Å². The molecule has 2 rings (SSSR count). The van der Waals surface area contributed by atoms with Gasteiger partial charge in [0.15, 0.2) is 18.1 Å². The number of nitrogens with zero attached hydrogens (tertiary/aromatic N) is 1. The Bertz CT molecular complexity index is 928. The second-order valence-corrected chi connectivity index (χ2v) is 8.08. The largest absolute Gasteiger partial charge is 0.493 e. The molecule has 0 aliphatic rings. The summed E-state index contributed by atoms with van der Waals surface area (Å²) in [5.74, 6) is 1.40. The normalized spacial score (nSPS) is 10.9. The minimum absolute atomic E-state index is 0.157. The summed E-state index contributed by atoms with van der Waals surface area (Å²) < 4.78 is 40.7. The molecule has 0 aromatic heterocycles. The van der Waals surface area contributed by atoms with Crippen LogP contribution in [0.4, 0.5) is 5.69 Å². The van der Waals surface area contributed by atoms with Crippen molar-refractivity contribution < 1.29 is 27.4 Å². The lowest BCUT2D eigenvalue weighted by Gasteiger charge is -2.20. The molecule has 1 amide bonds. The number of sulfonamides is 1. The van der Waals surface area contributed by atoms with Crippen LogP contribution in [0.2, 0.25) is 0 Å². The number of rotatable bonds is 10. The van der Waals surface area contributed by atoms with Crippen molar-refractivity contribution in [3.8, 4) is 17.2 Å². The van der Waals surface area contributed by atoms with Gasteiger partial charge in [-0.2, -0.15) is 0 Å². The quantitative estimate of drug-likeness (QED) is 0.631. The number of hydrogen-bond donors (Lipinski definition) is 1. The molecule has 158 valence electrons. The Morgan fingerprint density at radius 2 is 1.69 bits per heavy atom. The van der Waals surface area contributed by atoms with Crippen molar-refractivity contribution in [1.82, 2.24) is 5.32 Å². The topological polar surface area (TPSA) is 94.2 Å². The van der Waals surface area contributed by atoms with E-state index in [1.165, 1.54) is 4.31 Å². The van der Waals surface area contributed by atoms with Gasteiger partial charge in [0.1, 0.15) is 5.75 Å². The third-order valence-corrected chi connectivity index (χ3v) is 5.39. The van der Waals surface area contributed by atoms with Crippen molar-refractivity contribution in [2.24, 2.45) is 0 Å². The van der Waals surface area contributed by atoms with Gasteiger partial charge in [0.2, 0.25) is 10.0 Å². The van der Waals surface area contributed by atoms with Crippen LogP contribution in [0.3, 0.4) is 0 Å². The summed E-state index contributed by atoms with van der Waals surface area (Å²) in [6, 6.07) is 11.9. The van der Waals surface area contributed by atoms with Gasteiger partial charge >= 0.3 is 0 Å². The van der Waals surface area contributed by atoms with Gasteiger partial charge in [-0.3, -0.25) is 9.10 Å². The molecule has 0 aliphatic heterocycles. The van der Waals surface area contributed by atoms with Crippen LogP contribution in [0, 0.1) is 0 Å². The second-order valence-electron chi connectivity index (χ2n) is 6.18. The number of hydrogen-bond acceptors (Lipinski definition) is 6. The fraction of sp³-hybridized carbons (Fsp3) is 0.350. The number of carbonyl (C=O) groups is 1.